The van der Waals surface area contributed by atoms with Crippen LogP contribution in [0.25, 0.3) is 0 Å². The molecule has 110 valence electrons. The van der Waals surface area contributed by atoms with Crippen molar-refractivity contribution in [1.29, 1.82) is 0 Å². The average molecular weight is 294 g/mol. The molecule has 0 aliphatic carbocycles. The second-order valence-electron chi connectivity index (χ2n) is 4.91. The van der Waals surface area contributed by atoms with Crippen molar-refractivity contribution in [3.63, 3.8) is 0 Å². The number of halogens is 1. The summed E-state index contributed by atoms with van der Waals surface area (Å²) in [4.78, 5) is 10.9. The van der Waals surface area contributed by atoms with Gasteiger partial charge in [0.25, 0.3) is 0 Å². The molecule has 0 N–H and O–H groups in total. The molecule has 0 aromatic rings. The van der Waals surface area contributed by atoms with E-state index < -0.39 is 0 Å². The molecule has 0 unspecified atom stereocenters. The van der Waals surface area contributed by atoms with Gasteiger partial charge in [-0.25, -0.2) is 0 Å². The molecule has 0 amide bonds. The van der Waals surface area contributed by atoms with Crippen molar-refractivity contribution in [3.05, 3.63) is 35.6 Å². The molecule has 0 radical (unpaired) electrons. The summed E-state index contributed by atoms with van der Waals surface area (Å²) in [6, 6.07) is 0.262. The van der Waals surface area contributed by atoms with Crippen molar-refractivity contribution in [2.75, 3.05) is 19.1 Å². The molecule has 1 aliphatic heterocycles. The Morgan fingerprint density at radius 1 is 1.25 bits per heavy atom. The second-order valence-corrected chi connectivity index (χ2v) is 5.15. The first-order chi connectivity index (χ1) is 9.63. The molecule has 0 saturated carbocycles. The fourth-order valence-electron chi connectivity index (χ4n) is 2.28. The topological polar surface area (TPSA) is 28.0 Å². The van der Waals surface area contributed by atoms with Gasteiger partial charge in [-0.05, 0) is 51.5 Å². The van der Waals surface area contributed by atoms with E-state index in [-0.39, 0.29) is 6.00 Å². The van der Waals surface area contributed by atoms with Crippen LogP contribution in [0, 0.1) is 0 Å². The lowest BCUT2D eigenvalue weighted by atomic mass is 10.1. The first-order valence-electron chi connectivity index (χ1n) is 6.98. The highest BCUT2D eigenvalue weighted by Gasteiger charge is 2.17. The number of likely N-dealkylation sites (tertiary alicyclic amines) is 1. The molecule has 3 nitrogen and oxygen atoms in total. The summed E-state index contributed by atoms with van der Waals surface area (Å²) in [7, 11) is 0. The standard InChI is InChI=1S/C16H24ClN3/c1-5-13(2)11-15(18-4)14(3)16(19-12-17)20-9-7-6-8-10-20/h5,11H,1,4,6-10,12H2,2-3H3/b13-11-,15-14-,19-16+. The van der Waals surface area contributed by atoms with Crippen LogP contribution in [0.4, 0.5) is 0 Å². The molecule has 0 aromatic carbocycles. The minimum atomic E-state index is 0.262. The van der Waals surface area contributed by atoms with Gasteiger partial charge in [0.1, 0.15) is 11.8 Å². The van der Waals surface area contributed by atoms with Crippen LogP contribution in [0.2, 0.25) is 0 Å². The Hall–Kier alpha value is -1.35. The Labute approximate surface area is 127 Å². The minimum Gasteiger partial charge on any atom is -0.357 e. The van der Waals surface area contributed by atoms with Gasteiger partial charge in [-0.3, -0.25) is 9.98 Å². The van der Waals surface area contributed by atoms with Gasteiger partial charge < -0.3 is 4.90 Å². The van der Waals surface area contributed by atoms with Crippen molar-refractivity contribution < 1.29 is 0 Å². The van der Waals surface area contributed by atoms with E-state index in [1.807, 2.05) is 19.9 Å². The van der Waals surface area contributed by atoms with E-state index in [2.05, 4.69) is 28.2 Å². The molecular weight excluding hydrogens is 270 g/mol. The van der Waals surface area contributed by atoms with E-state index in [0.717, 1.165) is 35.8 Å². The fourth-order valence-corrected chi connectivity index (χ4v) is 2.39. The number of amidine groups is 1. The highest BCUT2D eigenvalue weighted by molar-refractivity contribution is 6.18. The summed E-state index contributed by atoms with van der Waals surface area (Å²) < 4.78 is 0. The zero-order valence-corrected chi connectivity index (χ0v) is 13.3. The molecule has 1 heterocycles. The van der Waals surface area contributed by atoms with Crippen LogP contribution in [0.1, 0.15) is 33.1 Å². The van der Waals surface area contributed by atoms with Gasteiger partial charge in [0, 0.05) is 18.7 Å². The Morgan fingerprint density at radius 2 is 1.90 bits per heavy atom. The number of alkyl halides is 1. The first-order valence-corrected chi connectivity index (χ1v) is 7.51. The minimum absolute atomic E-state index is 0.262. The smallest absolute Gasteiger partial charge is 0.129 e. The maximum absolute atomic E-state index is 5.83. The van der Waals surface area contributed by atoms with Gasteiger partial charge in [-0.15, -0.1) is 11.6 Å². The molecule has 1 saturated heterocycles. The molecule has 1 fully saturated rings. The Bertz CT molecular complexity index is 441. The van der Waals surface area contributed by atoms with Crippen LogP contribution in [0.5, 0.6) is 0 Å². The highest BCUT2D eigenvalue weighted by Crippen LogP contribution is 2.18. The van der Waals surface area contributed by atoms with Gasteiger partial charge in [0.15, 0.2) is 0 Å². The Balaban J connectivity index is 3.13. The van der Waals surface area contributed by atoms with Gasteiger partial charge in [0.2, 0.25) is 0 Å². The molecule has 0 spiro atoms. The SMILES string of the molecule is C=C\C(C)=C/C(N=C)=C(C)/C(=N\CCl)N1CCCCC1. The third-order valence-electron chi connectivity index (χ3n) is 3.44. The highest BCUT2D eigenvalue weighted by atomic mass is 35.5. The summed E-state index contributed by atoms with van der Waals surface area (Å²) in [5, 5.41) is 0. The van der Waals surface area contributed by atoms with Crippen LogP contribution in [-0.2, 0) is 0 Å². The first kappa shape index (κ1) is 16.7. The predicted molar refractivity (Wildman–Crippen MR) is 89.8 cm³/mol. The van der Waals surface area contributed by atoms with Crippen molar-refractivity contribution in [2.24, 2.45) is 9.98 Å². The number of allylic oxidation sites excluding steroid dienone is 3. The van der Waals surface area contributed by atoms with Crippen LogP contribution in [0.3, 0.4) is 0 Å². The van der Waals surface area contributed by atoms with E-state index in [0.29, 0.717) is 0 Å². The molecular formula is C16H24ClN3. The molecule has 20 heavy (non-hydrogen) atoms. The predicted octanol–water partition coefficient (Wildman–Crippen LogP) is 4.17. The monoisotopic (exact) mass is 293 g/mol. The van der Waals surface area contributed by atoms with Crippen molar-refractivity contribution >= 4 is 24.2 Å². The van der Waals surface area contributed by atoms with E-state index >= 15 is 0 Å². The number of rotatable bonds is 5. The third-order valence-corrected chi connectivity index (χ3v) is 3.56. The Morgan fingerprint density at radius 3 is 2.40 bits per heavy atom. The molecule has 4 heteroatoms. The van der Waals surface area contributed by atoms with Gasteiger partial charge >= 0.3 is 0 Å². The van der Waals surface area contributed by atoms with E-state index in [1.54, 1.807) is 6.08 Å². The molecule has 0 aromatic heterocycles. The van der Waals surface area contributed by atoms with E-state index in [9.17, 15) is 0 Å². The molecule has 1 aliphatic rings. The summed E-state index contributed by atoms with van der Waals surface area (Å²) in [5.41, 5.74) is 2.90. The zero-order valence-electron chi connectivity index (χ0n) is 12.5. The fraction of sp³-hybridized carbons (Fsp3) is 0.500. The summed E-state index contributed by atoms with van der Waals surface area (Å²) >= 11 is 5.83. The maximum atomic E-state index is 5.83. The maximum Gasteiger partial charge on any atom is 0.129 e. The van der Waals surface area contributed by atoms with E-state index in [4.69, 9.17) is 11.6 Å². The summed E-state index contributed by atoms with van der Waals surface area (Å²) in [5.74, 6) is 0.940. The second kappa shape index (κ2) is 8.75. The molecule has 0 atom stereocenters. The number of aliphatic imine (C=N–C) groups is 2. The van der Waals surface area contributed by atoms with Crippen LogP contribution >= 0.6 is 11.6 Å². The largest absolute Gasteiger partial charge is 0.357 e. The van der Waals surface area contributed by atoms with Crippen molar-refractivity contribution in [3.8, 4) is 0 Å². The normalized spacial score (nSPS) is 18.6. The lowest BCUT2D eigenvalue weighted by Crippen LogP contribution is -2.36. The lowest BCUT2D eigenvalue weighted by molar-refractivity contribution is 0.341. The van der Waals surface area contributed by atoms with Crippen LogP contribution in [0.15, 0.2) is 45.6 Å². The third kappa shape index (κ3) is 4.64. The number of hydrogen-bond acceptors (Lipinski definition) is 2. The van der Waals surface area contributed by atoms with Gasteiger partial charge in [-0.2, -0.15) is 0 Å². The molecule has 1 rings (SSSR count). The van der Waals surface area contributed by atoms with E-state index in [1.165, 1.54) is 19.3 Å². The van der Waals surface area contributed by atoms with Gasteiger partial charge in [-0.1, -0.05) is 12.7 Å². The van der Waals surface area contributed by atoms with Crippen LogP contribution < -0.4 is 0 Å². The summed E-state index contributed by atoms with van der Waals surface area (Å²) in [6.45, 7) is 13.5. The average Bonchev–Trinajstić information content (AvgIpc) is 2.50. The zero-order chi connectivity index (χ0) is 15.0. The Kier molecular flexibility index (Phi) is 7.31. The van der Waals surface area contributed by atoms with Crippen molar-refractivity contribution in [1.82, 2.24) is 4.90 Å². The summed E-state index contributed by atoms with van der Waals surface area (Å²) in [6.07, 6.45) is 7.47. The van der Waals surface area contributed by atoms with Gasteiger partial charge in [0.05, 0.1) is 5.70 Å². The quantitative estimate of drug-likeness (QED) is 0.246. The van der Waals surface area contributed by atoms with Crippen LogP contribution in [-0.4, -0.2) is 36.5 Å². The number of piperidine rings is 1. The number of nitrogens with zero attached hydrogens (tertiary/aromatic N) is 3. The number of hydrogen-bond donors (Lipinski definition) is 0. The lowest BCUT2D eigenvalue weighted by Gasteiger charge is -2.30. The molecule has 0 bridgehead atoms. The van der Waals surface area contributed by atoms with Crippen molar-refractivity contribution in [2.45, 2.75) is 33.1 Å².